The van der Waals surface area contributed by atoms with Gasteiger partial charge < -0.3 is 0 Å². The number of aliphatic hydroxyl groups is 1. The Labute approximate surface area is 137 Å². The van der Waals surface area contributed by atoms with Crippen molar-refractivity contribution in [3.63, 3.8) is 0 Å². The van der Waals surface area contributed by atoms with E-state index in [1.54, 1.807) is 4.94 Å². The summed E-state index contributed by atoms with van der Waals surface area (Å²) >= 11 is -0.321. The number of ether oxygens (including phenoxy) is 3. The molecule has 10 heteroatoms. The van der Waals surface area contributed by atoms with E-state index >= 15 is 0 Å². The van der Waals surface area contributed by atoms with Crippen LogP contribution < -0.4 is 5.73 Å². The molecule has 0 bridgehead atoms. The summed E-state index contributed by atoms with van der Waals surface area (Å²) in [4.78, 5) is 39.5. The van der Waals surface area contributed by atoms with E-state index < -0.39 is 48.9 Å². The Bertz CT molecular complexity index is 617. The maximum atomic E-state index is 11.4. The Hall–Kier alpha value is -1.74. The molecule has 0 spiro atoms. The number of carbonyl (C=O) groups is 3. The molecule has 0 aliphatic carbocycles. The second kappa shape index (κ2) is 7.22. The van der Waals surface area contributed by atoms with Crippen molar-refractivity contribution in [2.45, 2.75) is 38.3 Å². The minimum absolute atomic E-state index is 0.113. The van der Waals surface area contributed by atoms with E-state index in [4.69, 9.17) is 19.9 Å². The molecular weight excluding hydrogens is 375 g/mol. The average molecular weight is 391 g/mol. The average Bonchev–Trinajstić information content (AvgIpc) is 3.04. The van der Waals surface area contributed by atoms with Gasteiger partial charge in [-0.25, -0.2) is 0 Å². The van der Waals surface area contributed by atoms with Crippen LogP contribution in [0.4, 0.5) is 0 Å². The van der Waals surface area contributed by atoms with E-state index in [1.165, 1.54) is 13.8 Å². The number of carbonyl (C=O) groups excluding carboxylic acids is 3. The van der Waals surface area contributed by atoms with Gasteiger partial charge in [-0.1, -0.05) is 0 Å². The normalized spacial score (nSPS) is 26.7. The Morgan fingerprint density at radius 3 is 2.39 bits per heavy atom. The van der Waals surface area contributed by atoms with Gasteiger partial charge in [0.05, 0.1) is 0 Å². The quantitative estimate of drug-likeness (QED) is 0.459. The Morgan fingerprint density at radius 1 is 1.30 bits per heavy atom. The molecule has 1 saturated heterocycles. The molecule has 0 radical (unpaired) electrons. The molecule has 0 saturated carbocycles. The van der Waals surface area contributed by atoms with Crippen LogP contribution in [0.2, 0.25) is 0 Å². The number of nitrogens with zero attached hydrogens (tertiary/aromatic N) is 1. The summed E-state index contributed by atoms with van der Waals surface area (Å²) in [5.74, 6) is -1.85. The van der Waals surface area contributed by atoms with E-state index in [0.717, 1.165) is 0 Å². The molecule has 1 aromatic heterocycles. The number of nitrogens with two attached hydrogens (primary N) is 1. The molecule has 1 aliphatic heterocycles. The first-order valence-corrected chi connectivity index (χ1v) is 8.54. The Kier molecular flexibility index (Phi) is 5.53. The predicted molar refractivity (Wildman–Crippen MR) is 75.5 cm³/mol. The van der Waals surface area contributed by atoms with Gasteiger partial charge in [-0.2, -0.15) is 0 Å². The first kappa shape index (κ1) is 17.6. The Morgan fingerprint density at radius 2 is 1.91 bits per heavy atom. The van der Waals surface area contributed by atoms with Crippen molar-refractivity contribution in [3.05, 3.63) is 15.2 Å². The summed E-state index contributed by atoms with van der Waals surface area (Å²) in [7, 11) is 0. The van der Waals surface area contributed by atoms with Gasteiger partial charge in [0, 0.05) is 0 Å². The van der Waals surface area contributed by atoms with Crippen LogP contribution >= 0.6 is 0 Å². The summed E-state index contributed by atoms with van der Waals surface area (Å²) in [6.45, 7) is 1.99. The summed E-state index contributed by atoms with van der Waals surface area (Å²) in [5.41, 5.74) is 5.29. The summed E-state index contributed by atoms with van der Waals surface area (Å²) in [6.07, 6.45) is -3.57. The first-order valence-electron chi connectivity index (χ1n) is 6.69. The molecule has 0 aromatic carbocycles. The summed E-state index contributed by atoms with van der Waals surface area (Å²) < 4.78 is 16.5. The third kappa shape index (κ3) is 3.97. The minimum atomic E-state index is -0.956. The zero-order valence-electron chi connectivity index (χ0n) is 12.4. The molecule has 9 nitrogen and oxygen atoms in total. The number of rotatable bonds is 5. The van der Waals surface area contributed by atoms with Gasteiger partial charge in [0.25, 0.3) is 0 Å². The van der Waals surface area contributed by atoms with Gasteiger partial charge in [-0.15, -0.1) is 0 Å². The van der Waals surface area contributed by atoms with Crippen LogP contribution in [-0.4, -0.2) is 67.4 Å². The number of aliphatic hydroxyl groups excluding tert-OH is 1. The van der Waals surface area contributed by atoms with E-state index in [9.17, 15) is 19.5 Å². The third-order valence-corrected chi connectivity index (χ3v) is 5.01. The number of primary amides is 1. The van der Waals surface area contributed by atoms with Gasteiger partial charge in [-0.05, 0) is 0 Å². The fourth-order valence-corrected chi connectivity index (χ4v) is 4.10. The van der Waals surface area contributed by atoms with E-state index in [1.807, 2.05) is 0 Å². The van der Waals surface area contributed by atoms with Gasteiger partial charge in [0.2, 0.25) is 0 Å². The zero-order chi connectivity index (χ0) is 17.1. The fourth-order valence-electron chi connectivity index (χ4n) is 2.26. The van der Waals surface area contributed by atoms with Crippen molar-refractivity contribution in [1.29, 1.82) is 0 Å². The van der Waals surface area contributed by atoms with Crippen molar-refractivity contribution < 1.29 is 33.7 Å². The van der Waals surface area contributed by atoms with E-state index in [-0.39, 0.29) is 20.2 Å². The third-order valence-electron chi connectivity index (χ3n) is 3.11. The van der Waals surface area contributed by atoms with Gasteiger partial charge >= 0.3 is 137 Å². The Balaban J connectivity index is 2.33. The molecule has 1 amide bonds. The SMILES string of the molecule is CC(=O)O[C@@H]1[C@H](OC(C)=O)[C@@H](CO)O[C@H]1c1nc(C(N)=O)c[se]1. The number of aromatic nitrogens is 1. The summed E-state index contributed by atoms with van der Waals surface area (Å²) in [5, 5.41) is 9.42. The molecule has 1 fully saturated rings. The van der Waals surface area contributed by atoms with Crippen molar-refractivity contribution in [2.75, 3.05) is 6.61 Å². The van der Waals surface area contributed by atoms with Crippen LogP contribution in [0.5, 0.6) is 0 Å². The number of amides is 1. The monoisotopic (exact) mass is 392 g/mol. The molecule has 0 unspecified atom stereocenters. The van der Waals surface area contributed by atoms with Crippen molar-refractivity contribution in [1.82, 2.24) is 4.98 Å². The molecule has 2 rings (SSSR count). The van der Waals surface area contributed by atoms with Gasteiger partial charge in [-0.3, -0.25) is 0 Å². The molecule has 2 heterocycles. The van der Waals surface area contributed by atoms with Crippen LogP contribution in [-0.2, 0) is 23.8 Å². The van der Waals surface area contributed by atoms with Crippen LogP contribution in [0, 0.1) is 0 Å². The van der Waals surface area contributed by atoms with E-state index in [0.29, 0.717) is 4.57 Å². The second-order valence-electron chi connectivity index (χ2n) is 4.86. The maximum absolute atomic E-state index is 11.4. The van der Waals surface area contributed by atoms with Gasteiger partial charge in [0.15, 0.2) is 0 Å². The number of esters is 2. The molecule has 3 N–H and O–H groups in total. The van der Waals surface area contributed by atoms with E-state index in [2.05, 4.69) is 4.98 Å². The summed E-state index contributed by atoms with van der Waals surface area (Å²) in [6, 6.07) is 0. The zero-order valence-corrected chi connectivity index (χ0v) is 14.1. The number of hydrogen-bond donors (Lipinski definition) is 2. The molecule has 23 heavy (non-hydrogen) atoms. The van der Waals surface area contributed by atoms with Crippen LogP contribution in [0.3, 0.4) is 0 Å². The first-order chi connectivity index (χ1) is 10.8. The molecule has 126 valence electrons. The van der Waals surface area contributed by atoms with Crippen LogP contribution in [0.15, 0.2) is 4.94 Å². The molecule has 1 aliphatic rings. The van der Waals surface area contributed by atoms with Crippen molar-refractivity contribution in [2.24, 2.45) is 5.73 Å². The fraction of sp³-hybridized carbons (Fsp3) is 0.538. The molecule has 4 atom stereocenters. The molecular formula is C13H16N2O7Se. The van der Waals surface area contributed by atoms with Crippen molar-refractivity contribution >= 4 is 32.3 Å². The van der Waals surface area contributed by atoms with Crippen molar-refractivity contribution in [3.8, 4) is 0 Å². The second-order valence-corrected chi connectivity index (χ2v) is 6.73. The number of hydrogen-bond acceptors (Lipinski definition) is 8. The van der Waals surface area contributed by atoms with Gasteiger partial charge in [0.1, 0.15) is 0 Å². The topological polar surface area (TPSA) is 138 Å². The van der Waals surface area contributed by atoms with Crippen LogP contribution in [0.1, 0.15) is 35.0 Å². The standard InChI is InChI=1S/C13H16N2O7Se/c1-5(17)20-9-8(3-16)22-11(10(9)21-6(2)18)13-15-7(4-23-13)12(14)19/h4,8-11,16H,3H2,1-2H3,(H2,14,19)/t8-,9-,10-,11-/m1/s1. The van der Waals surface area contributed by atoms with Crippen LogP contribution in [0.25, 0.3) is 0 Å². The molecule has 1 aromatic rings. The predicted octanol–water partition coefficient (Wildman–Crippen LogP) is -1.47.